The largest absolute Gasteiger partial charge is 0.488 e. The Morgan fingerprint density at radius 1 is 1.38 bits per heavy atom. The molecule has 6 nitrogen and oxygen atoms in total. The second-order valence-corrected chi connectivity index (χ2v) is 5.91. The van der Waals surface area contributed by atoms with Crippen molar-refractivity contribution in [3.63, 3.8) is 0 Å². The van der Waals surface area contributed by atoms with Gasteiger partial charge in [0.1, 0.15) is 11.9 Å². The van der Waals surface area contributed by atoms with Crippen molar-refractivity contribution in [1.29, 1.82) is 0 Å². The zero-order chi connectivity index (χ0) is 17.2. The number of methoxy groups -OCH3 is 1. The van der Waals surface area contributed by atoms with Gasteiger partial charge in [0.2, 0.25) is 0 Å². The van der Waals surface area contributed by atoms with Crippen molar-refractivity contribution in [3.8, 4) is 5.75 Å². The molecule has 0 radical (unpaired) electrons. The molecule has 0 amide bonds. The normalized spacial score (nSPS) is 17.8. The molecule has 0 spiro atoms. The molecule has 1 heterocycles. The molecule has 0 bridgehead atoms. The minimum Gasteiger partial charge on any atom is -0.488 e. The fraction of sp³-hybridized carbons (Fsp3) is 0.611. The van der Waals surface area contributed by atoms with Crippen LogP contribution < -0.4 is 15.4 Å². The molecule has 1 aromatic carbocycles. The first-order valence-corrected chi connectivity index (χ1v) is 8.50. The molecule has 1 aliphatic heterocycles. The van der Waals surface area contributed by atoms with E-state index in [1.807, 2.05) is 0 Å². The summed E-state index contributed by atoms with van der Waals surface area (Å²) in [5, 5.41) is 6.61. The number of nitrogens with one attached hydrogen (secondary N) is 2. The zero-order valence-corrected chi connectivity index (χ0v) is 14.9. The Balaban J connectivity index is 1.90. The van der Waals surface area contributed by atoms with E-state index in [9.17, 15) is 0 Å². The molecule has 1 aliphatic rings. The van der Waals surface area contributed by atoms with Crippen LogP contribution in [0.15, 0.2) is 23.2 Å². The summed E-state index contributed by atoms with van der Waals surface area (Å²) >= 11 is 0. The smallest absolute Gasteiger partial charge is 0.191 e. The highest BCUT2D eigenvalue weighted by Crippen LogP contribution is 2.23. The quantitative estimate of drug-likeness (QED) is 0.431. The number of hydrogen-bond acceptors (Lipinski definition) is 4. The predicted molar refractivity (Wildman–Crippen MR) is 95.7 cm³/mol. The van der Waals surface area contributed by atoms with E-state index in [0.717, 1.165) is 49.9 Å². The van der Waals surface area contributed by atoms with Crippen LogP contribution in [0.5, 0.6) is 5.75 Å². The third-order valence-corrected chi connectivity index (χ3v) is 3.89. The van der Waals surface area contributed by atoms with Gasteiger partial charge in [-0.1, -0.05) is 12.1 Å². The van der Waals surface area contributed by atoms with Crippen LogP contribution in [0.1, 0.15) is 24.0 Å². The summed E-state index contributed by atoms with van der Waals surface area (Å²) < 4.78 is 16.6. The first-order chi connectivity index (χ1) is 11.7. The Morgan fingerprint density at radius 3 is 2.96 bits per heavy atom. The van der Waals surface area contributed by atoms with E-state index >= 15 is 0 Å². The molecule has 1 unspecified atom stereocenters. The third-order valence-electron chi connectivity index (χ3n) is 3.89. The standard InChI is InChI=1S/C18H29N3O3/c1-14-5-6-15(17(11-14)24-16-7-10-23-13-16)12-21-18(19-2)20-8-4-9-22-3/h5-6,11,16H,4,7-10,12-13H2,1-3H3,(H2,19,20,21). The molecule has 24 heavy (non-hydrogen) atoms. The van der Waals surface area contributed by atoms with Gasteiger partial charge < -0.3 is 24.8 Å². The summed E-state index contributed by atoms with van der Waals surface area (Å²) in [5.74, 6) is 1.70. The van der Waals surface area contributed by atoms with Gasteiger partial charge in [-0.2, -0.15) is 0 Å². The van der Waals surface area contributed by atoms with Crippen molar-refractivity contribution < 1.29 is 14.2 Å². The highest BCUT2D eigenvalue weighted by molar-refractivity contribution is 5.79. The number of aliphatic imine (C=N–C) groups is 1. The second-order valence-electron chi connectivity index (χ2n) is 5.91. The van der Waals surface area contributed by atoms with Crippen molar-refractivity contribution in [3.05, 3.63) is 29.3 Å². The van der Waals surface area contributed by atoms with E-state index in [1.165, 1.54) is 5.56 Å². The minimum atomic E-state index is 0.150. The molecule has 2 N–H and O–H groups in total. The Bertz CT molecular complexity index is 528. The maximum absolute atomic E-state index is 6.12. The zero-order valence-electron chi connectivity index (χ0n) is 14.9. The van der Waals surface area contributed by atoms with Crippen LogP contribution in [0.25, 0.3) is 0 Å². The lowest BCUT2D eigenvalue weighted by molar-refractivity contribution is 0.140. The Labute approximate surface area is 144 Å². The maximum atomic E-state index is 6.12. The Kier molecular flexibility index (Phi) is 7.85. The third kappa shape index (κ3) is 6.02. The van der Waals surface area contributed by atoms with Gasteiger partial charge in [0.15, 0.2) is 5.96 Å². The predicted octanol–water partition coefficient (Wildman–Crippen LogP) is 1.86. The fourth-order valence-electron chi connectivity index (χ4n) is 2.53. The van der Waals surface area contributed by atoms with Crippen LogP contribution >= 0.6 is 0 Å². The van der Waals surface area contributed by atoms with E-state index in [1.54, 1.807) is 14.2 Å². The summed E-state index contributed by atoms with van der Waals surface area (Å²) in [6.45, 7) is 5.75. The van der Waals surface area contributed by atoms with Crippen LogP contribution in [0.2, 0.25) is 0 Å². The van der Waals surface area contributed by atoms with E-state index < -0.39 is 0 Å². The molecule has 1 aromatic rings. The molecule has 1 atom stereocenters. The second kappa shape index (κ2) is 10.2. The summed E-state index contributed by atoms with van der Waals surface area (Å²) in [4.78, 5) is 4.24. The minimum absolute atomic E-state index is 0.150. The SMILES string of the molecule is CN=C(NCCCOC)NCc1ccc(C)cc1OC1CCOC1. The molecule has 0 aromatic heterocycles. The number of rotatable bonds is 8. The first-order valence-electron chi connectivity index (χ1n) is 8.50. The van der Waals surface area contributed by atoms with Crippen molar-refractivity contribution in [2.75, 3.05) is 40.5 Å². The van der Waals surface area contributed by atoms with Crippen molar-refractivity contribution in [1.82, 2.24) is 10.6 Å². The summed E-state index contributed by atoms with van der Waals surface area (Å²) in [7, 11) is 3.48. The topological polar surface area (TPSA) is 64.1 Å². The average Bonchev–Trinajstić information content (AvgIpc) is 3.09. The Morgan fingerprint density at radius 2 is 2.25 bits per heavy atom. The van der Waals surface area contributed by atoms with Gasteiger partial charge >= 0.3 is 0 Å². The van der Waals surface area contributed by atoms with Gasteiger partial charge in [0.05, 0.1) is 13.2 Å². The molecule has 0 aliphatic carbocycles. The molecular weight excluding hydrogens is 306 g/mol. The number of nitrogens with zero attached hydrogens (tertiary/aromatic N) is 1. The van der Waals surface area contributed by atoms with Crippen molar-refractivity contribution >= 4 is 5.96 Å². The van der Waals surface area contributed by atoms with Crippen LogP contribution in [-0.2, 0) is 16.0 Å². The van der Waals surface area contributed by atoms with Gasteiger partial charge in [0, 0.05) is 45.8 Å². The van der Waals surface area contributed by atoms with E-state index in [2.05, 4.69) is 40.7 Å². The molecule has 2 rings (SSSR count). The average molecular weight is 335 g/mol. The van der Waals surface area contributed by atoms with Gasteiger partial charge in [-0.05, 0) is 25.0 Å². The van der Waals surface area contributed by atoms with E-state index in [0.29, 0.717) is 13.2 Å². The van der Waals surface area contributed by atoms with Gasteiger partial charge in [-0.25, -0.2) is 0 Å². The number of ether oxygens (including phenoxy) is 3. The lowest BCUT2D eigenvalue weighted by atomic mass is 10.1. The summed E-state index contributed by atoms with van der Waals surface area (Å²) in [5.41, 5.74) is 2.31. The molecular formula is C18H29N3O3. The number of benzene rings is 1. The Hall–Kier alpha value is -1.79. The van der Waals surface area contributed by atoms with E-state index in [-0.39, 0.29) is 6.10 Å². The van der Waals surface area contributed by atoms with Gasteiger partial charge in [-0.15, -0.1) is 0 Å². The number of hydrogen-bond donors (Lipinski definition) is 2. The van der Waals surface area contributed by atoms with Gasteiger partial charge in [-0.3, -0.25) is 4.99 Å². The fourth-order valence-corrected chi connectivity index (χ4v) is 2.53. The highest BCUT2D eigenvalue weighted by Gasteiger charge is 2.18. The van der Waals surface area contributed by atoms with Crippen molar-refractivity contribution in [2.45, 2.75) is 32.4 Å². The highest BCUT2D eigenvalue weighted by atomic mass is 16.5. The molecule has 6 heteroatoms. The number of guanidine groups is 1. The summed E-state index contributed by atoms with van der Waals surface area (Å²) in [6, 6.07) is 6.29. The van der Waals surface area contributed by atoms with E-state index in [4.69, 9.17) is 14.2 Å². The maximum Gasteiger partial charge on any atom is 0.191 e. The first kappa shape index (κ1) is 18.5. The molecule has 0 saturated carbocycles. The molecule has 134 valence electrons. The van der Waals surface area contributed by atoms with Gasteiger partial charge in [0.25, 0.3) is 0 Å². The molecule has 1 saturated heterocycles. The summed E-state index contributed by atoms with van der Waals surface area (Å²) in [6.07, 6.45) is 2.04. The van der Waals surface area contributed by atoms with Crippen LogP contribution in [-0.4, -0.2) is 52.6 Å². The molecule has 1 fully saturated rings. The number of aryl methyl sites for hydroxylation is 1. The lowest BCUT2D eigenvalue weighted by Gasteiger charge is -2.18. The van der Waals surface area contributed by atoms with Crippen molar-refractivity contribution in [2.24, 2.45) is 4.99 Å². The monoisotopic (exact) mass is 335 g/mol. The van der Waals surface area contributed by atoms with Crippen LogP contribution in [0.4, 0.5) is 0 Å². The lowest BCUT2D eigenvalue weighted by Crippen LogP contribution is -2.37. The van der Waals surface area contributed by atoms with Crippen LogP contribution in [0, 0.1) is 6.92 Å². The van der Waals surface area contributed by atoms with Crippen LogP contribution in [0.3, 0.4) is 0 Å².